The number of thiocarbonyl (C=S) groups is 1. The molecule has 0 unspecified atom stereocenters. The van der Waals surface area contributed by atoms with Gasteiger partial charge in [0.2, 0.25) is 0 Å². The molecule has 0 aliphatic carbocycles. The van der Waals surface area contributed by atoms with Gasteiger partial charge in [-0.05, 0) is 71.7 Å². The van der Waals surface area contributed by atoms with Crippen molar-refractivity contribution in [2.75, 3.05) is 0 Å². The zero-order valence-corrected chi connectivity index (χ0v) is 16.4. The standard InChI is InChI=1S/C22H17N3O3S/c1-13-2-3-14(9-17(13)11-28-12-26)15-5-7-19-16(8-15)4-6-18(23-19)10-20-21(27)25-22(29)24-20/h2-10,12H,11H2,1H3,(H2,24,25,27,29)/b20-10-. The Balaban J connectivity index is 1.65. The van der Waals surface area contributed by atoms with Crippen molar-refractivity contribution in [1.82, 2.24) is 15.6 Å². The lowest BCUT2D eigenvalue weighted by Gasteiger charge is -2.09. The van der Waals surface area contributed by atoms with Crippen LogP contribution in [0.3, 0.4) is 0 Å². The highest BCUT2D eigenvalue weighted by molar-refractivity contribution is 7.80. The molecule has 29 heavy (non-hydrogen) atoms. The average Bonchev–Trinajstić information content (AvgIpc) is 3.03. The van der Waals surface area contributed by atoms with Crippen LogP contribution in [0.1, 0.15) is 16.8 Å². The molecular formula is C22H17N3O3S. The third-order valence-corrected chi connectivity index (χ3v) is 4.92. The van der Waals surface area contributed by atoms with Crippen LogP contribution in [0.5, 0.6) is 0 Å². The smallest absolute Gasteiger partial charge is 0.293 e. The largest absolute Gasteiger partial charge is 0.463 e. The highest BCUT2D eigenvalue weighted by atomic mass is 32.1. The van der Waals surface area contributed by atoms with Gasteiger partial charge >= 0.3 is 0 Å². The predicted octanol–water partition coefficient (Wildman–Crippen LogP) is 3.23. The van der Waals surface area contributed by atoms with Gasteiger partial charge in [0.25, 0.3) is 12.4 Å². The van der Waals surface area contributed by atoms with Gasteiger partial charge in [0.05, 0.1) is 11.2 Å². The lowest BCUT2D eigenvalue weighted by atomic mass is 9.98. The number of fused-ring (bicyclic) bond motifs is 1. The number of rotatable bonds is 5. The van der Waals surface area contributed by atoms with E-state index < -0.39 is 0 Å². The summed E-state index contributed by atoms with van der Waals surface area (Å²) in [6, 6.07) is 15.9. The summed E-state index contributed by atoms with van der Waals surface area (Å²) < 4.78 is 4.91. The molecule has 144 valence electrons. The Morgan fingerprint density at radius 3 is 2.62 bits per heavy atom. The van der Waals surface area contributed by atoms with Crippen LogP contribution < -0.4 is 10.6 Å². The highest BCUT2D eigenvalue weighted by Gasteiger charge is 2.20. The first-order valence-electron chi connectivity index (χ1n) is 8.93. The number of pyridine rings is 1. The molecule has 0 saturated carbocycles. The van der Waals surface area contributed by atoms with Gasteiger partial charge in [0.1, 0.15) is 12.3 Å². The molecule has 1 aliphatic rings. The summed E-state index contributed by atoms with van der Waals surface area (Å²) >= 11 is 4.94. The molecule has 1 saturated heterocycles. The van der Waals surface area contributed by atoms with Gasteiger partial charge < -0.3 is 10.1 Å². The average molecular weight is 403 g/mol. The van der Waals surface area contributed by atoms with Crippen molar-refractivity contribution in [1.29, 1.82) is 0 Å². The molecule has 1 amide bonds. The van der Waals surface area contributed by atoms with E-state index in [2.05, 4.69) is 21.7 Å². The molecule has 1 fully saturated rings. The Morgan fingerprint density at radius 1 is 1.07 bits per heavy atom. The minimum absolute atomic E-state index is 0.251. The van der Waals surface area contributed by atoms with Crippen molar-refractivity contribution in [3.63, 3.8) is 0 Å². The Morgan fingerprint density at radius 2 is 1.86 bits per heavy atom. The van der Waals surface area contributed by atoms with Gasteiger partial charge in [-0.25, -0.2) is 4.98 Å². The molecule has 2 N–H and O–H groups in total. The number of carbonyl (C=O) groups is 2. The molecular weight excluding hydrogens is 386 g/mol. The van der Waals surface area contributed by atoms with Gasteiger partial charge in [-0.15, -0.1) is 0 Å². The molecule has 2 aromatic carbocycles. The van der Waals surface area contributed by atoms with Crippen LogP contribution >= 0.6 is 12.2 Å². The first-order chi connectivity index (χ1) is 14.0. The van der Waals surface area contributed by atoms with E-state index in [-0.39, 0.29) is 12.5 Å². The molecule has 3 aromatic rings. The SMILES string of the molecule is Cc1ccc(-c2ccc3nc(/C=C4\NC(=S)NC4=O)ccc3c2)cc1COC=O. The van der Waals surface area contributed by atoms with E-state index in [1.54, 1.807) is 6.08 Å². The monoisotopic (exact) mass is 403 g/mol. The summed E-state index contributed by atoms with van der Waals surface area (Å²) in [5, 5.41) is 6.62. The second kappa shape index (κ2) is 7.81. The zero-order valence-electron chi connectivity index (χ0n) is 15.6. The minimum atomic E-state index is -0.263. The van der Waals surface area contributed by atoms with Gasteiger partial charge in [-0.1, -0.05) is 24.3 Å². The van der Waals surface area contributed by atoms with E-state index in [1.807, 2.05) is 49.4 Å². The van der Waals surface area contributed by atoms with Crippen LogP contribution in [-0.2, 0) is 20.9 Å². The summed E-state index contributed by atoms with van der Waals surface area (Å²) in [6.45, 7) is 2.69. The van der Waals surface area contributed by atoms with Crippen molar-refractivity contribution < 1.29 is 14.3 Å². The fourth-order valence-electron chi connectivity index (χ4n) is 3.16. The summed E-state index contributed by atoms with van der Waals surface area (Å²) in [5.74, 6) is -0.263. The van der Waals surface area contributed by atoms with Crippen molar-refractivity contribution in [2.45, 2.75) is 13.5 Å². The number of amides is 1. The van der Waals surface area contributed by atoms with Gasteiger partial charge in [0.15, 0.2) is 5.11 Å². The normalized spacial score (nSPS) is 14.7. The minimum Gasteiger partial charge on any atom is -0.463 e. The van der Waals surface area contributed by atoms with Crippen LogP contribution in [0.4, 0.5) is 0 Å². The molecule has 0 spiro atoms. The van der Waals surface area contributed by atoms with Crippen molar-refractivity contribution >= 4 is 46.7 Å². The number of benzene rings is 2. The maximum absolute atomic E-state index is 11.8. The Labute approximate surface area is 172 Å². The zero-order chi connectivity index (χ0) is 20.4. The van der Waals surface area contributed by atoms with Crippen molar-refractivity contribution in [3.8, 4) is 11.1 Å². The van der Waals surface area contributed by atoms with Gasteiger partial charge in [-0.2, -0.15) is 0 Å². The quantitative estimate of drug-likeness (QED) is 0.387. The molecule has 7 heteroatoms. The predicted molar refractivity (Wildman–Crippen MR) is 115 cm³/mol. The number of hydrogen-bond donors (Lipinski definition) is 2. The Hall–Kier alpha value is -3.58. The Kier molecular flexibility index (Phi) is 5.05. The van der Waals surface area contributed by atoms with Crippen LogP contribution in [0, 0.1) is 6.92 Å². The van der Waals surface area contributed by atoms with Crippen LogP contribution in [0.15, 0.2) is 54.2 Å². The number of carbonyl (C=O) groups excluding carboxylic acids is 2. The maximum Gasteiger partial charge on any atom is 0.293 e. The molecule has 0 atom stereocenters. The van der Waals surface area contributed by atoms with E-state index in [9.17, 15) is 9.59 Å². The number of nitrogens with one attached hydrogen (secondary N) is 2. The third-order valence-electron chi connectivity index (χ3n) is 4.71. The van der Waals surface area contributed by atoms with Crippen molar-refractivity contribution in [2.24, 2.45) is 0 Å². The molecule has 1 aliphatic heterocycles. The van der Waals surface area contributed by atoms with Gasteiger partial charge in [0, 0.05) is 5.39 Å². The molecule has 0 bridgehead atoms. The van der Waals surface area contributed by atoms with E-state index in [1.165, 1.54) is 0 Å². The Bertz CT molecular complexity index is 1190. The molecule has 2 heterocycles. The number of aryl methyl sites for hydroxylation is 1. The van der Waals surface area contributed by atoms with Crippen LogP contribution in [-0.4, -0.2) is 22.5 Å². The summed E-state index contributed by atoms with van der Waals surface area (Å²) in [7, 11) is 0. The van der Waals surface area contributed by atoms with E-state index in [0.29, 0.717) is 23.0 Å². The van der Waals surface area contributed by atoms with Crippen LogP contribution in [0.25, 0.3) is 28.1 Å². The van der Waals surface area contributed by atoms with Crippen LogP contribution in [0.2, 0.25) is 0 Å². The third kappa shape index (κ3) is 4.00. The molecule has 0 radical (unpaired) electrons. The fourth-order valence-corrected chi connectivity index (χ4v) is 3.36. The van der Waals surface area contributed by atoms with E-state index in [4.69, 9.17) is 17.0 Å². The second-order valence-electron chi connectivity index (χ2n) is 6.66. The summed E-state index contributed by atoms with van der Waals surface area (Å²) in [4.78, 5) is 26.9. The lowest BCUT2D eigenvalue weighted by molar-refractivity contribution is -0.129. The molecule has 6 nitrogen and oxygen atoms in total. The number of nitrogens with zero attached hydrogens (tertiary/aromatic N) is 1. The number of ether oxygens (including phenoxy) is 1. The fraction of sp³-hybridized carbons (Fsp3) is 0.0909. The van der Waals surface area contributed by atoms with Crippen molar-refractivity contribution in [3.05, 3.63) is 71.0 Å². The summed E-state index contributed by atoms with van der Waals surface area (Å²) in [5.41, 5.74) is 5.98. The van der Waals surface area contributed by atoms with E-state index >= 15 is 0 Å². The summed E-state index contributed by atoms with van der Waals surface area (Å²) in [6.07, 6.45) is 1.67. The lowest BCUT2D eigenvalue weighted by Crippen LogP contribution is -2.21. The van der Waals surface area contributed by atoms with E-state index in [0.717, 1.165) is 33.2 Å². The first kappa shape index (κ1) is 18.8. The number of hydrogen-bond acceptors (Lipinski definition) is 5. The molecule has 4 rings (SSSR count). The number of aromatic nitrogens is 1. The van der Waals surface area contributed by atoms with Gasteiger partial charge in [-0.3, -0.25) is 14.9 Å². The second-order valence-corrected chi connectivity index (χ2v) is 7.07. The topological polar surface area (TPSA) is 80.3 Å². The highest BCUT2D eigenvalue weighted by Crippen LogP contribution is 2.26. The maximum atomic E-state index is 11.8. The molecule has 1 aromatic heterocycles. The first-order valence-corrected chi connectivity index (χ1v) is 9.34.